The first-order valence-electron chi connectivity index (χ1n) is 6.20. The van der Waals surface area contributed by atoms with Crippen molar-refractivity contribution in [3.05, 3.63) is 65.2 Å². The SMILES string of the molecule is Oc1ccc(F)cc1C1=NN[C@@H](c2ccccc2F)C1. The van der Waals surface area contributed by atoms with E-state index in [0.717, 1.165) is 0 Å². The number of hydrogen-bond acceptors (Lipinski definition) is 3. The highest BCUT2D eigenvalue weighted by Gasteiger charge is 2.25. The summed E-state index contributed by atoms with van der Waals surface area (Å²) in [4.78, 5) is 0. The molecule has 20 heavy (non-hydrogen) atoms. The first-order chi connectivity index (χ1) is 9.65. The van der Waals surface area contributed by atoms with E-state index in [0.29, 0.717) is 23.3 Å². The molecule has 0 saturated carbocycles. The van der Waals surface area contributed by atoms with Crippen molar-refractivity contribution < 1.29 is 13.9 Å². The van der Waals surface area contributed by atoms with E-state index in [-0.39, 0.29) is 17.6 Å². The van der Waals surface area contributed by atoms with Crippen LogP contribution in [0.1, 0.15) is 23.6 Å². The molecule has 3 nitrogen and oxygen atoms in total. The Hall–Kier alpha value is -2.43. The second-order valence-corrected chi connectivity index (χ2v) is 4.63. The van der Waals surface area contributed by atoms with Gasteiger partial charge in [-0.05, 0) is 24.3 Å². The summed E-state index contributed by atoms with van der Waals surface area (Å²) in [7, 11) is 0. The molecule has 0 unspecified atom stereocenters. The van der Waals surface area contributed by atoms with Gasteiger partial charge in [0.05, 0.1) is 11.8 Å². The van der Waals surface area contributed by atoms with Crippen LogP contribution in [-0.4, -0.2) is 10.8 Å². The van der Waals surface area contributed by atoms with Crippen LogP contribution in [0.5, 0.6) is 5.75 Å². The molecule has 2 N–H and O–H groups in total. The van der Waals surface area contributed by atoms with Crippen LogP contribution in [0.4, 0.5) is 8.78 Å². The number of phenols is 1. The molecule has 1 aliphatic heterocycles. The van der Waals surface area contributed by atoms with Gasteiger partial charge in [0.15, 0.2) is 0 Å². The standard InChI is InChI=1S/C15H12F2N2O/c16-9-5-6-15(20)11(7-9)14-8-13(18-19-14)10-3-1-2-4-12(10)17/h1-7,13,18,20H,8H2/t13-/m1/s1. The Labute approximate surface area is 114 Å². The molecule has 0 radical (unpaired) electrons. The van der Waals surface area contributed by atoms with Crippen LogP contribution < -0.4 is 5.43 Å². The smallest absolute Gasteiger partial charge is 0.128 e. The summed E-state index contributed by atoms with van der Waals surface area (Å²) in [6.45, 7) is 0. The summed E-state index contributed by atoms with van der Waals surface area (Å²) < 4.78 is 27.0. The summed E-state index contributed by atoms with van der Waals surface area (Å²) >= 11 is 0. The topological polar surface area (TPSA) is 44.6 Å². The number of phenolic OH excluding ortho intramolecular Hbond substituents is 1. The fraction of sp³-hybridized carbons (Fsp3) is 0.133. The molecule has 2 aromatic carbocycles. The van der Waals surface area contributed by atoms with Crippen LogP contribution in [-0.2, 0) is 0 Å². The lowest BCUT2D eigenvalue weighted by molar-refractivity contribution is 0.471. The lowest BCUT2D eigenvalue weighted by Crippen LogP contribution is -2.11. The van der Waals surface area contributed by atoms with Crippen LogP contribution in [0.3, 0.4) is 0 Å². The maximum Gasteiger partial charge on any atom is 0.128 e. The number of hydrazone groups is 1. The second kappa shape index (κ2) is 4.92. The Bertz CT molecular complexity index is 685. The summed E-state index contributed by atoms with van der Waals surface area (Å²) in [6.07, 6.45) is 0.387. The Kier molecular flexibility index (Phi) is 3.10. The van der Waals surface area contributed by atoms with Crippen molar-refractivity contribution in [2.75, 3.05) is 0 Å². The van der Waals surface area contributed by atoms with Crippen molar-refractivity contribution in [1.29, 1.82) is 0 Å². The summed E-state index contributed by atoms with van der Waals surface area (Å²) in [6, 6.07) is 9.80. The third-order valence-electron chi connectivity index (χ3n) is 3.30. The number of aromatic hydroxyl groups is 1. The van der Waals surface area contributed by atoms with Crippen molar-refractivity contribution >= 4 is 5.71 Å². The first kappa shape index (κ1) is 12.6. The van der Waals surface area contributed by atoms with Crippen LogP contribution in [0.25, 0.3) is 0 Å². The zero-order chi connectivity index (χ0) is 14.1. The number of hydrogen-bond donors (Lipinski definition) is 2. The summed E-state index contributed by atoms with van der Waals surface area (Å²) in [5.41, 5.74) is 4.16. The molecular formula is C15H12F2N2O. The van der Waals surface area contributed by atoms with E-state index < -0.39 is 5.82 Å². The van der Waals surface area contributed by atoms with Crippen molar-refractivity contribution in [2.24, 2.45) is 5.10 Å². The van der Waals surface area contributed by atoms with Crippen LogP contribution in [0, 0.1) is 11.6 Å². The molecule has 1 aliphatic rings. The molecule has 102 valence electrons. The summed E-state index contributed by atoms with van der Waals surface area (Å²) in [5, 5.41) is 13.8. The molecule has 1 heterocycles. The average molecular weight is 274 g/mol. The van der Waals surface area contributed by atoms with Gasteiger partial charge < -0.3 is 10.5 Å². The first-order valence-corrected chi connectivity index (χ1v) is 6.20. The average Bonchev–Trinajstić information content (AvgIpc) is 2.91. The van der Waals surface area contributed by atoms with Gasteiger partial charge in [0.2, 0.25) is 0 Å². The van der Waals surface area contributed by atoms with E-state index in [1.165, 1.54) is 24.3 Å². The molecule has 0 bridgehead atoms. The van der Waals surface area contributed by atoms with Gasteiger partial charge >= 0.3 is 0 Å². The van der Waals surface area contributed by atoms with E-state index in [2.05, 4.69) is 10.5 Å². The predicted octanol–water partition coefficient (Wildman–Crippen LogP) is 3.11. The molecule has 5 heteroatoms. The maximum atomic E-state index is 13.7. The highest BCUT2D eigenvalue weighted by molar-refractivity contribution is 6.03. The van der Waals surface area contributed by atoms with Crippen LogP contribution >= 0.6 is 0 Å². The van der Waals surface area contributed by atoms with Gasteiger partial charge in [-0.15, -0.1) is 0 Å². The van der Waals surface area contributed by atoms with Gasteiger partial charge in [-0.1, -0.05) is 18.2 Å². The monoisotopic (exact) mass is 274 g/mol. The highest BCUT2D eigenvalue weighted by Crippen LogP contribution is 2.29. The third kappa shape index (κ3) is 2.22. The fourth-order valence-corrected chi connectivity index (χ4v) is 2.29. The molecule has 0 aliphatic carbocycles. The predicted molar refractivity (Wildman–Crippen MR) is 71.5 cm³/mol. The molecule has 0 aromatic heterocycles. The van der Waals surface area contributed by atoms with E-state index in [4.69, 9.17) is 0 Å². The van der Waals surface area contributed by atoms with E-state index in [1.54, 1.807) is 18.2 Å². The van der Waals surface area contributed by atoms with Gasteiger partial charge in [0.1, 0.15) is 17.4 Å². The molecule has 0 saturated heterocycles. The van der Waals surface area contributed by atoms with Gasteiger partial charge in [-0.2, -0.15) is 5.10 Å². The highest BCUT2D eigenvalue weighted by atomic mass is 19.1. The lowest BCUT2D eigenvalue weighted by Gasteiger charge is -2.11. The number of rotatable bonds is 2. The van der Waals surface area contributed by atoms with Gasteiger partial charge in [0, 0.05) is 17.5 Å². The minimum atomic E-state index is -0.449. The Balaban J connectivity index is 1.86. The van der Waals surface area contributed by atoms with Gasteiger partial charge in [-0.25, -0.2) is 8.78 Å². The van der Waals surface area contributed by atoms with Crippen molar-refractivity contribution in [3.8, 4) is 5.75 Å². The number of nitrogens with one attached hydrogen (secondary N) is 1. The molecule has 0 amide bonds. The second-order valence-electron chi connectivity index (χ2n) is 4.63. The minimum absolute atomic E-state index is 0.0406. The lowest BCUT2D eigenvalue weighted by atomic mass is 9.98. The molecule has 2 aromatic rings. The molecule has 0 spiro atoms. The summed E-state index contributed by atoms with van der Waals surface area (Å²) in [5.74, 6) is -0.805. The van der Waals surface area contributed by atoms with Crippen molar-refractivity contribution in [1.82, 2.24) is 5.43 Å². The largest absolute Gasteiger partial charge is 0.507 e. The Morgan fingerprint density at radius 1 is 1.15 bits per heavy atom. The molecule has 0 fully saturated rings. The zero-order valence-electron chi connectivity index (χ0n) is 10.5. The van der Waals surface area contributed by atoms with Gasteiger partial charge in [-0.3, -0.25) is 0 Å². The van der Waals surface area contributed by atoms with Gasteiger partial charge in [0.25, 0.3) is 0 Å². The Morgan fingerprint density at radius 2 is 1.95 bits per heavy atom. The van der Waals surface area contributed by atoms with E-state index in [9.17, 15) is 13.9 Å². The van der Waals surface area contributed by atoms with E-state index >= 15 is 0 Å². The number of benzene rings is 2. The maximum absolute atomic E-state index is 13.7. The van der Waals surface area contributed by atoms with Crippen molar-refractivity contribution in [3.63, 3.8) is 0 Å². The normalized spacial score (nSPS) is 17.7. The zero-order valence-corrected chi connectivity index (χ0v) is 10.5. The van der Waals surface area contributed by atoms with E-state index in [1.807, 2.05) is 0 Å². The number of nitrogens with zero attached hydrogens (tertiary/aromatic N) is 1. The van der Waals surface area contributed by atoms with Crippen LogP contribution in [0.2, 0.25) is 0 Å². The molecular weight excluding hydrogens is 262 g/mol. The van der Waals surface area contributed by atoms with Crippen molar-refractivity contribution in [2.45, 2.75) is 12.5 Å². The molecule has 1 atom stereocenters. The fourth-order valence-electron chi connectivity index (χ4n) is 2.29. The quantitative estimate of drug-likeness (QED) is 0.883. The third-order valence-corrected chi connectivity index (χ3v) is 3.30. The van der Waals surface area contributed by atoms with Crippen LogP contribution in [0.15, 0.2) is 47.6 Å². The number of halogens is 2. The Morgan fingerprint density at radius 3 is 2.75 bits per heavy atom. The minimum Gasteiger partial charge on any atom is -0.507 e. The molecule has 3 rings (SSSR count).